The zero-order valence-corrected chi connectivity index (χ0v) is 6.31. The summed E-state index contributed by atoms with van der Waals surface area (Å²) in [4.78, 5) is 0. The lowest BCUT2D eigenvalue weighted by atomic mass is 10.2. The second-order valence-corrected chi connectivity index (χ2v) is 2.43. The van der Waals surface area contributed by atoms with Crippen molar-refractivity contribution in [3.8, 4) is 0 Å². The fraction of sp³-hybridized carbons (Fsp3) is 0.625. The van der Waals surface area contributed by atoms with E-state index in [0.29, 0.717) is 6.42 Å². The van der Waals surface area contributed by atoms with E-state index >= 15 is 0 Å². The number of hydrogen-bond acceptors (Lipinski definition) is 1. The fourth-order valence-corrected chi connectivity index (χ4v) is 0.434. The van der Waals surface area contributed by atoms with Gasteiger partial charge in [0.15, 0.2) is 0 Å². The predicted octanol–water partition coefficient (Wildman–Crippen LogP) is 1.88. The van der Waals surface area contributed by atoms with Crippen LogP contribution in [0.4, 0.5) is 0 Å². The van der Waals surface area contributed by atoms with Gasteiger partial charge in [-0.25, -0.2) is 0 Å². The number of aliphatic hydroxyl groups excluding tert-OH is 1. The Kier molecular flexibility index (Phi) is 4.12. The van der Waals surface area contributed by atoms with E-state index in [1.54, 1.807) is 6.92 Å². The minimum absolute atomic E-state index is 0.239. The van der Waals surface area contributed by atoms with E-state index in [9.17, 15) is 0 Å². The third-order valence-corrected chi connectivity index (χ3v) is 0.850. The first kappa shape index (κ1) is 8.48. The van der Waals surface area contributed by atoms with Crippen LogP contribution in [0, 0.1) is 0 Å². The first-order chi connectivity index (χ1) is 4.13. The van der Waals surface area contributed by atoms with Crippen molar-refractivity contribution in [3.05, 3.63) is 17.4 Å². The Balaban J connectivity index is 3.61. The van der Waals surface area contributed by atoms with Crippen LogP contribution in [0.5, 0.6) is 0 Å². The van der Waals surface area contributed by atoms with Crippen molar-refractivity contribution in [3.63, 3.8) is 0 Å². The second-order valence-electron chi connectivity index (χ2n) is 2.43. The van der Waals surface area contributed by atoms with E-state index in [1.165, 1.54) is 0 Å². The molecule has 0 unspecified atom stereocenters. The molecule has 0 aliphatic carbocycles. The van der Waals surface area contributed by atoms with Crippen molar-refractivity contribution < 1.29 is 5.11 Å². The van der Waals surface area contributed by atoms with E-state index in [0.717, 1.165) is 5.57 Å². The quantitative estimate of drug-likeness (QED) is 0.560. The van der Waals surface area contributed by atoms with E-state index in [1.807, 2.05) is 19.9 Å². The smallest absolute Gasteiger partial charge is 0.0552 e. The van der Waals surface area contributed by atoms with Gasteiger partial charge in [0.25, 0.3) is 0 Å². The summed E-state index contributed by atoms with van der Waals surface area (Å²) >= 11 is 0. The molecule has 9 heavy (non-hydrogen) atoms. The molecule has 0 aliphatic heterocycles. The maximum atomic E-state index is 8.78. The van der Waals surface area contributed by atoms with Crippen LogP contribution in [0.3, 0.4) is 0 Å². The predicted molar refractivity (Wildman–Crippen MR) is 39.2 cm³/mol. The van der Waals surface area contributed by atoms with Gasteiger partial charge in [0.1, 0.15) is 0 Å². The van der Waals surface area contributed by atoms with Gasteiger partial charge in [-0.3, -0.25) is 0 Å². The largest absolute Gasteiger partial charge is 0.393 e. The summed E-state index contributed by atoms with van der Waals surface area (Å²) in [6, 6.07) is 0. The Morgan fingerprint density at radius 1 is 1.67 bits per heavy atom. The Hall–Kier alpha value is -0.520. The van der Waals surface area contributed by atoms with Gasteiger partial charge in [-0.05, 0) is 38.8 Å². The molecule has 1 atom stereocenters. The Morgan fingerprint density at radius 3 is 2.56 bits per heavy atom. The zero-order chi connectivity index (χ0) is 7.28. The fourth-order valence-electron chi connectivity index (χ4n) is 0.434. The SMILES string of the molecule is CC(C)=C=CC[C@@H](C)O. The summed E-state index contributed by atoms with van der Waals surface area (Å²) in [5.74, 6) is 0. The molecule has 52 valence electrons. The average molecular weight is 126 g/mol. The maximum absolute atomic E-state index is 8.78. The summed E-state index contributed by atoms with van der Waals surface area (Å²) in [7, 11) is 0. The second kappa shape index (κ2) is 4.37. The number of hydrogen-bond donors (Lipinski definition) is 1. The molecule has 0 saturated carbocycles. The molecule has 1 N–H and O–H groups in total. The lowest BCUT2D eigenvalue weighted by Gasteiger charge is -1.93. The normalized spacial score (nSPS) is 12.0. The molecule has 0 fully saturated rings. The third-order valence-electron chi connectivity index (χ3n) is 0.850. The van der Waals surface area contributed by atoms with Crippen molar-refractivity contribution >= 4 is 0 Å². The van der Waals surface area contributed by atoms with Crippen molar-refractivity contribution in [2.24, 2.45) is 0 Å². The minimum Gasteiger partial charge on any atom is -0.393 e. The van der Waals surface area contributed by atoms with Crippen molar-refractivity contribution in [2.45, 2.75) is 33.3 Å². The molecular weight excluding hydrogens is 112 g/mol. The van der Waals surface area contributed by atoms with Gasteiger partial charge in [0.05, 0.1) is 6.10 Å². The Labute approximate surface area is 56.7 Å². The summed E-state index contributed by atoms with van der Waals surface area (Å²) in [5.41, 5.74) is 4.16. The van der Waals surface area contributed by atoms with Gasteiger partial charge in [0, 0.05) is 0 Å². The van der Waals surface area contributed by atoms with Crippen molar-refractivity contribution in [1.82, 2.24) is 0 Å². The minimum atomic E-state index is -0.239. The van der Waals surface area contributed by atoms with Crippen molar-refractivity contribution in [1.29, 1.82) is 0 Å². The molecule has 0 aromatic carbocycles. The molecule has 0 spiro atoms. The monoisotopic (exact) mass is 126 g/mol. The Morgan fingerprint density at radius 2 is 2.22 bits per heavy atom. The molecule has 0 saturated heterocycles. The van der Waals surface area contributed by atoms with Crippen LogP contribution in [-0.4, -0.2) is 11.2 Å². The Bertz CT molecular complexity index is 124. The highest BCUT2D eigenvalue weighted by Crippen LogP contribution is 1.91. The first-order valence-corrected chi connectivity index (χ1v) is 3.19. The van der Waals surface area contributed by atoms with Gasteiger partial charge in [-0.2, -0.15) is 0 Å². The van der Waals surface area contributed by atoms with Gasteiger partial charge >= 0.3 is 0 Å². The highest BCUT2D eigenvalue weighted by atomic mass is 16.3. The first-order valence-electron chi connectivity index (χ1n) is 3.19. The summed E-state index contributed by atoms with van der Waals surface area (Å²) < 4.78 is 0. The number of rotatable bonds is 2. The lowest BCUT2D eigenvalue weighted by Crippen LogP contribution is -1.94. The van der Waals surface area contributed by atoms with Gasteiger partial charge in [-0.1, -0.05) is 0 Å². The molecular formula is C8H14O. The summed E-state index contributed by atoms with van der Waals surface area (Å²) in [6.07, 6.45) is 2.32. The average Bonchev–Trinajstić information content (AvgIpc) is 1.63. The summed E-state index contributed by atoms with van der Waals surface area (Å²) in [5, 5.41) is 8.78. The molecule has 0 aromatic rings. The highest BCUT2D eigenvalue weighted by molar-refractivity contribution is 4.94. The van der Waals surface area contributed by atoms with E-state index in [2.05, 4.69) is 5.73 Å². The molecule has 0 aliphatic rings. The van der Waals surface area contributed by atoms with Crippen LogP contribution in [0.25, 0.3) is 0 Å². The van der Waals surface area contributed by atoms with Crippen LogP contribution < -0.4 is 0 Å². The van der Waals surface area contributed by atoms with Gasteiger partial charge < -0.3 is 5.11 Å². The maximum Gasteiger partial charge on any atom is 0.0552 e. The summed E-state index contributed by atoms with van der Waals surface area (Å²) in [6.45, 7) is 5.74. The third kappa shape index (κ3) is 7.48. The van der Waals surface area contributed by atoms with E-state index < -0.39 is 0 Å². The van der Waals surface area contributed by atoms with Gasteiger partial charge in [-0.15, -0.1) is 5.73 Å². The lowest BCUT2D eigenvalue weighted by molar-refractivity contribution is 0.198. The molecule has 0 aromatic heterocycles. The van der Waals surface area contributed by atoms with Crippen molar-refractivity contribution in [2.75, 3.05) is 0 Å². The molecule has 1 heteroatoms. The van der Waals surface area contributed by atoms with Gasteiger partial charge in [0.2, 0.25) is 0 Å². The highest BCUT2D eigenvalue weighted by Gasteiger charge is 1.86. The molecule has 0 radical (unpaired) electrons. The van der Waals surface area contributed by atoms with E-state index in [4.69, 9.17) is 5.11 Å². The standard InChI is InChI=1S/C8H14O/c1-7(2)5-4-6-8(3)9/h4,8-9H,6H2,1-3H3/t8-/m1/s1. The molecule has 0 heterocycles. The van der Waals surface area contributed by atoms with Crippen LogP contribution in [0.15, 0.2) is 17.4 Å². The molecule has 0 amide bonds. The van der Waals surface area contributed by atoms with Crippen LogP contribution in [0.1, 0.15) is 27.2 Å². The molecule has 0 rings (SSSR count). The number of aliphatic hydroxyl groups is 1. The van der Waals surface area contributed by atoms with E-state index in [-0.39, 0.29) is 6.10 Å². The zero-order valence-electron chi connectivity index (χ0n) is 6.31. The van der Waals surface area contributed by atoms with Crippen LogP contribution in [-0.2, 0) is 0 Å². The van der Waals surface area contributed by atoms with Crippen LogP contribution in [0.2, 0.25) is 0 Å². The van der Waals surface area contributed by atoms with Crippen LogP contribution >= 0.6 is 0 Å². The topological polar surface area (TPSA) is 20.2 Å². The molecule has 1 nitrogen and oxygen atoms in total. The molecule has 0 bridgehead atoms.